The van der Waals surface area contributed by atoms with Crippen LogP contribution >= 0.6 is 0 Å². The number of ether oxygens (including phenoxy) is 1. The molecule has 2 saturated heterocycles. The molecule has 2 fully saturated rings. The molecule has 41 heavy (non-hydrogen) atoms. The number of carbonyl (C=O) groups is 1. The first-order valence-electron chi connectivity index (χ1n) is 14.4. The maximum Gasteiger partial charge on any atom is 0.323 e. The molecular formula is C31H38N8O2. The minimum absolute atomic E-state index is 0.279. The average Bonchev–Trinajstić information content (AvgIpc) is 3.43. The lowest BCUT2D eigenvalue weighted by Gasteiger charge is -2.34. The summed E-state index contributed by atoms with van der Waals surface area (Å²) in [6, 6.07) is 17.8. The van der Waals surface area contributed by atoms with E-state index in [9.17, 15) is 4.79 Å². The molecule has 0 bridgehead atoms. The second-order valence-corrected chi connectivity index (χ2v) is 11.0. The van der Waals surface area contributed by atoms with Crippen molar-refractivity contribution in [1.29, 1.82) is 0 Å². The Hall–Kier alpha value is -4.15. The summed E-state index contributed by atoms with van der Waals surface area (Å²) in [5.74, 6) is 1.60. The topological polar surface area (TPSA) is 90.8 Å². The zero-order valence-electron chi connectivity index (χ0n) is 24.0. The lowest BCUT2D eigenvalue weighted by atomic mass is 10.2. The first-order chi connectivity index (χ1) is 19.9. The lowest BCUT2D eigenvalue weighted by molar-refractivity contribution is 0.122. The molecule has 0 atom stereocenters. The summed E-state index contributed by atoms with van der Waals surface area (Å²) in [7, 11) is 2.15. The maximum atomic E-state index is 12.7. The largest absolute Gasteiger partial charge is 0.378 e. The highest BCUT2D eigenvalue weighted by molar-refractivity contribution is 6.00. The number of amides is 2. The first kappa shape index (κ1) is 27.0. The van der Waals surface area contributed by atoms with E-state index in [-0.39, 0.29) is 12.1 Å². The Morgan fingerprint density at radius 1 is 0.805 bits per heavy atom. The number of fused-ring (bicyclic) bond motifs is 1. The van der Waals surface area contributed by atoms with E-state index in [4.69, 9.17) is 14.7 Å². The molecule has 0 spiro atoms. The number of anilines is 4. The van der Waals surface area contributed by atoms with Crippen molar-refractivity contribution < 1.29 is 9.53 Å². The van der Waals surface area contributed by atoms with Crippen LogP contribution in [0.4, 0.5) is 27.7 Å². The van der Waals surface area contributed by atoms with Crippen LogP contribution in [0.1, 0.15) is 19.9 Å². The summed E-state index contributed by atoms with van der Waals surface area (Å²) in [5, 5.41) is 6.91. The Bertz CT molecular complexity index is 1490. The van der Waals surface area contributed by atoms with Gasteiger partial charge in [0.1, 0.15) is 11.5 Å². The van der Waals surface area contributed by atoms with Gasteiger partial charge in [0.25, 0.3) is 0 Å². The van der Waals surface area contributed by atoms with Crippen LogP contribution in [0.3, 0.4) is 0 Å². The number of piperazine rings is 1. The molecule has 0 saturated carbocycles. The van der Waals surface area contributed by atoms with Crippen molar-refractivity contribution >= 4 is 39.9 Å². The van der Waals surface area contributed by atoms with Crippen molar-refractivity contribution in [3.63, 3.8) is 0 Å². The van der Waals surface area contributed by atoms with Gasteiger partial charge in [-0.05, 0) is 75.5 Å². The Kier molecular flexibility index (Phi) is 7.76. The van der Waals surface area contributed by atoms with Crippen LogP contribution in [0.5, 0.6) is 0 Å². The van der Waals surface area contributed by atoms with Crippen molar-refractivity contribution in [1.82, 2.24) is 19.4 Å². The molecule has 4 heterocycles. The SMILES string of the molecule is CC(C)n1ccc2c(N3CCOCC3)nc(-c3ccc(NC(=O)Nc4ccc(N5CCN(C)CC5)cc4)cc3)nc21. The summed E-state index contributed by atoms with van der Waals surface area (Å²) in [5.41, 5.74) is 4.44. The van der Waals surface area contributed by atoms with Gasteiger partial charge in [0, 0.05) is 74.1 Å². The number of nitrogens with one attached hydrogen (secondary N) is 2. The predicted octanol–water partition coefficient (Wildman–Crippen LogP) is 4.91. The van der Waals surface area contributed by atoms with Gasteiger partial charge < -0.3 is 34.6 Å². The predicted molar refractivity (Wildman–Crippen MR) is 165 cm³/mol. The van der Waals surface area contributed by atoms with Crippen LogP contribution in [-0.2, 0) is 4.74 Å². The molecule has 2 N–H and O–H groups in total. The number of aromatic nitrogens is 3. The zero-order chi connectivity index (χ0) is 28.3. The number of urea groups is 1. The number of rotatable bonds is 6. The van der Waals surface area contributed by atoms with E-state index in [2.05, 4.69) is 75.2 Å². The third-order valence-electron chi connectivity index (χ3n) is 7.81. The molecule has 2 aromatic carbocycles. The summed E-state index contributed by atoms with van der Waals surface area (Å²) in [6.45, 7) is 11.4. The molecule has 2 aliphatic heterocycles. The number of likely N-dealkylation sites (N-methyl/N-ethyl adjacent to an activating group) is 1. The van der Waals surface area contributed by atoms with E-state index in [1.54, 1.807) is 0 Å². The van der Waals surface area contributed by atoms with Gasteiger partial charge in [-0.15, -0.1) is 0 Å². The number of hydrogen-bond donors (Lipinski definition) is 2. The third kappa shape index (κ3) is 5.98. The molecule has 4 aromatic rings. The second-order valence-electron chi connectivity index (χ2n) is 11.0. The lowest BCUT2D eigenvalue weighted by Crippen LogP contribution is -2.44. The third-order valence-corrected chi connectivity index (χ3v) is 7.81. The number of hydrogen-bond acceptors (Lipinski definition) is 7. The van der Waals surface area contributed by atoms with Gasteiger partial charge in [-0.2, -0.15) is 0 Å². The normalized spacial score (nSPS) is 16.4. The average molecular weight is 555 g/mol. The molecule has 0 aliphatic carbocycles. The Labute approximate surface area is 240 Å². The monoisotopic (exact) mass is 554 g/mol. The van der Waals surface area contributed by atoms with Crippen LogP contribution in [-0.4, -0.2) is 85.0 Å². The fourth-order valence-electron chi connectivity index (χ4n) is 5.40. The summed E-state index contributed by atoms with van der Waals surface area (Å²) < 4.78 is 7.76. The van der Waals surface area contributed by atoms with E-state index < -0.39 is 0 Å². The first-order valence-corrected chi connectivity index (χ1v) is 14.4. The van der Waals surface area contributed by atoms with E-state index in [0.717, 1.165) is 67.4 Å². The molecule has 0 radical (unpaired) electrons. The molecule has 10 nitrogen and oxygen atoms in total. The van der Waals surface area contributed by atoms with Gasteiger partial charge in [-0.1, -0.05) is 0 Å². The minimum atomic E-state index is -0.285. The van der Waals surface area contributed by atoms with Crippen LogP contribution in [0.25, 0.3) is 22.4 Å². The highest BCUT2D eigenvalue weighted by Gasteiger charge is 2.21. The van der Waals surface area contributed by atoms with Gasteiger partial charge in [-0.25, -0.2) is 14.8 Å². The van der Waals surface area contributed by atoms with Crippen molar-refractivity contribution in [3.05, 3.63) is 60.8 Å². The summed E-state index contributed by atoms with van der Waals surface area (Å²) in [4.78, 5) is 29.7. The van der Waals surface area contributed by atoms with Crippen molar-refractivity contribution in [2.24, 2.45) is 0 Å². The van der Waals surface area contributed by atoms with E-state index in [0.29, 0.717) is 24.7 Å². The standard InChI is InChI=1S/C31H38N8O2/c1-22(2)39-13-12-27-29(38-18-20-41-21-19-38)34-28(35-30(27)39)23-4-6-24(7-5-23)32-31(40)33-25-8-10-26(11-9-25)37-16-14-36(3)15-17-37/h4-13,22H,14-21H2,1-3H3,(H2,32,33,40). The molecule has 2 aliphatic rings. The van der Waals surface area contributed by atoms with Gasteiger partial charge in [0.15, 0.2) is 5.82 Å². The van der Waals surface area contributed by atoms with Crippen LogP contribution < -0.4 is 20.4 Å². The zero-order valence-corrected chi connectivity index (χ0v) is 24.0. The van der Waals surface area contributed by atoms with Gasteiger partial charge >= 0.3 is 6.03 Å². The second kappa shape index (κ2) is 11.8. The minimum Gasteiger partial charge on any atom is -0.378 e. The van der Waals surface area contributed by atoms with E-state index >= 15 is 0 Å². The van der Waals surface area contributed by atoms with Gasteiger partial charge in [0.05, 0.1) is 18.6 Å². The number of carbonyl (C=O) groups excluding carboxylic acids is 1. The van der Waals surface area contributed by atoms with Crippen molar-refractivity contribution in [2.75, 3.05) is 80.0 Å². The quantitative estimate of drug-likeness (QED) is 0.350. The smallest absolute Gasteiger partial charge is 0.323 e. The van der Waals surface area contributed by atoms with Crippen molar-refractivity contribution in [2.45, 2.75) is 19.9 Å². The molecule has 214 valence electrons. The molecule has 2 amide bonds. The number of benzene rings is 2. The number of morpholine rings is 1. The van der Waals surface area contributed by atoms with Crippen LogP contribution in [0.2, 0.25) is 0 Å². The molecule has 0 unspecified atom stereocenters. The van der Waals surface area contributed by atoms with Crippen molar-refractivity contribution in [3.8, 4) is 11.4 Å². The summed E-state index contributed by atoms with van der Waals surface area (Å²) >= 11 is 0. The molecule has 6 rings (SSSR count). The highest BCUT2D eigenvalue weighted by atomic mass is 16.5. The molecular weight excluding hydrogens is 516 g/mol. The highest BCUT2D eigenvalue weighted by Crippen LogP contribution is 2.31. The Balaban J connectivity index is 1.15. The Morgan fingerprint density at radius 2 is 1.44 bits per heavy atom. The molecule has 10 heteroatoms. The Morgan fingerprint density at radius 3 is 2.07 bits per heavy atom. The summed E-state index contributed by atoms with van der Waals surface area (Å²) in [6.07, 6.45) is 2.09. The van der Waals surface area contributed by atoms with Gasteiger partial charge in [-0.3, -0.25) is 0 Å². The van der Waals surface area contributed by atoms with E-state index in [1.807, 2.05) is 36.4 Å². The van der Waals surface area contributed by atoms with Crippen LogP contribution in [0.15, 0.2) is 60.8 Å². The fraction of sp³-hybridized carbons (Fsp3) is 0.387. The van der Waals surface area contributed by atoms with Gasteiger partial charge in [0.2, 0.25) is 0 Å². The van der Waals surface area contributed by atoms with E-state index in [1.165, 1.54) is 5.69 Å². The van der Waals surface area contributed by atoms with Crippen LogP contribution in [0, 0.1) is 0 Å². The maximum absolute atomic E-state index is 12.7. The number of nitrogens with zero attached hydrogens (tertiary/aromatic N) is 6. The molecule has 2 aromatic heterocycles. The fourth-order valence-corrected chi connectivity index (χ4v) is 5.40.